The molecular weight excluding hydrogens is 274 g/mol. The molecule has 1 fully saturated rings. The maximum absolute atomic E-state index is 3.85. The van der Waals surface area contributed by atoms with E-state index in [1.807, 2.05) is 11.3 Å². The summed E-state index contributed by atoms with van der Waals surface area (Å²) in [4.78, 5) is 0. The Hall–Kier alpha value is -0.340. The quantitative estimate of drug-likeness (QED) is 0.621. The van der Waals surface area contributed by atoms with Gasteiger partial charge in [0.05, 0.1) is 0 Å². The Kier molecular flexibility index (Phi) is 7.81. The number of hydrogen-bond acceptors (Lipinski definition) is 2. The summed E-state index contributed by atoms with van der Waals surface area (Å²) in [7, 11) is 0. The van der Waals surface area contributed by atoms with Gasteiger partial charge in [-0.2, -0.15) is 11.3 Å². The SMILES string of the molecule is CCCNC(CCc1ccsc1)C1CCC(CCC)CC1. The minimum atomic E-state index is 0.743. The van der Waals surface area contributed by atoms with Gasteiger partial charge in [-0.3, -0.25) is 0 Å². The number of nitrogens with one attached hydrogen (secondary N) is 1. The van der Waals surface area contributed by atoms with Gasteiger partial charge in [0.25, 0.3) is 0 Å². The second-order valence-electron chi connectivity index (χ2n) is 6.80. The van der Waals surface area contributed by atoms with Crippen LogP contribution in [0.1, 0.15) is 70.8 Å². The van der Waals surface area contributed by atoms with Crippen molar-refractivity contribution < 1.29 is 0 Å². The summed E-state index contributed by atoms with van der Waals surface area (Å²) in [6, 6.07) is 3.03. The topological polar surface area (TPSA) is 12.0 Å². The fourth-order valence-electron chi connectivity index (χ4n) is 3.88. The Bertz CT molecular complexity index is 352. The van der Waals surface area contributed by atoms with Crippen LogP contribution in [0.25, 0.3) is 0 Å². The normalized spacial score (nSPS) is 24.1. The number of hydrogen-bond donors (Lipinski definition) is 1. The first-order chi connectivity index (χ1) is 10.3. The molecule has 1 aromatic heterocycles. The van der Waals surface area contributed by atoms with Crippen molar-refractivity contribution in [2.75, 3.05) is 6.54 Å². The first-order valence-electron chi connectivity index (χ1n) is 9.07. The van der Waals surface area contributed by atoms with Gasteiger partial charge in [0, 0.05) is 6.04 Å². The number of thiophene rings is 1. The third-order valence-electron chi connectivity index (χ3n) is 5.14. The van der Waals surface area contributed by atoms with Crippen LogP contribution in [0.4, 0.5) is 0 Å². The highest BCUT2D eigenvalue weighted by molar-refractivity contribution is 7.07. The van der Waals surface area contributed by atoms with E-state index in [9.17, 15) is 0 Å². The molecule has 1 aliphatic rings. The lowest BCUT2D eigenvalue weighted by atomic mass is 9.76. The van der Waals surface area contributed by atoms with Gasteiger partial charge < -0.3 is 5.32 Å². The fraction of sp³-hybridized carbons (Fsp3) is 0.789. The van der Waals surface area contributed by atoms with E-state index in [0.717, 1.165) is 17.9 Å². The zero-order chi connectivity index (χ0) is 14.9. The van der Waals surface area contributed by atoms with E-state index >= 15 is 0 Å². The van der Waals surface area contributed by atoms with E-state index in [4.69, 9.17) is 0 Å². The van der Waals surface area contributed by atoms with Gasteiger partial charge in [0.1, 0.15) is 0 Å². The zero-order valence-electron chi connectivity index (χ0n) is 13.9. The molecule has 1 heterocycles. The molecule has 1 saturated carbocycles. The molecule has 1 unspecified atom stereocenters. The van der Waals surface area contributed by atoms with Gasteiger partial charge in [-0.05, 0) is 72.9 Å². The average Bonchev–Trinajstić information content (AvgIpc) is 3.02. The molecular formula is C19H33NS. The predicted octanol–water partition coefficient (Wildman–Crippen LogP) is 5.66. The molecule has 0 saturated heterocycles. The maximum atomic E-state index is 3.85. The molecule has 0 radical (unpaired) electrons. The van der Waals surface area contributed by atoms with Crippen molar-refractivity contribution in [2.24, 2.45) is 11.8 Å². The highest BCUT2D eigenvalue weighted by atomic mass is 32.1. The molecule has 120 valence electrons. The first-order valence-corrected chi connectivity index (χ1v) is 10.0. The molecule has 1 aromatic rings. The van der Waals surface area contributed by atoms with E-state index in [2.05, 4.69) is 36.0 Å². The van der Waals surface area contributed by atoms with E-state index in [1.54, 1.807) is 0 Å². The van der Waals surface area contributed by atoms with Crippen molar-refractivity contribution in [3.63, 3.8) is 0 Å². The Morgan fingerprint density at radius 1 is 1.19 bits per heavy atom. The summed E-state index contributed by atoms with van der Waals surface area (Å²) in [5.74, 6) is 1.94. The van der Waals surface area contributed by atoms with Gasteiger partial charge in [-0.1, -0.05) is 39.5 Å². The Balaban J connectivity index is 1.81. The molecule has 0 aromatic carbocycles. The van der Waals surface area contributed by atoms with Crippen molar-refractivity contribution >= 4 is 11.3 Å². The molecule has 2 heteroatoms. The highest BCUT2D eigenvalue weighted by Gasteiger charge is 2.26. The Morgan fingerprint density at radius 2 is 2.00 bits per heavy atom. The summed E-state index contributed by atoms with van der Waals surface area (Å²) in [6.45, 7) is 5.79. The van der Waals surface area contributed by atoms with Gasteiger partial charge in [-0.25, -0.2) is 0 Å². The average molecular weight is 308 g/mol. The van der Waals surface area contributed by atoms with Crippen molar-refractivity contribution in [1.29, 1.82) is 0 Å². The molecule has 1 atom stereocenters. The molecule has 1 nitrogen and oxygen atoms in total. The van der Waals surface area contributed by atoms with Crippen molar-refractivity contribution in [1.82, 2.24) is 5.32 Å². The Labute approximate surface area is 135 Å². The molecule has 0 bridgehead atoms. The van der Waals surface area contributed by atoms with Crippen molar-refractivity contribution in [2.45, 2.75) is 77.7 Å². The van der Waals surface area contributed by atoms with Crippen LogP contribution in [0.5, 0.6) is 0 Å². The van der Waals surface area contributed by atoms with Crippen LogP contribution < -0.4 is 5.32 Å². The molecule has 21 heavy (non-hydrogen) atoms. The van der Waals surface area contributed by atoms with E-state index in [-0.39, 0.29) is 0 Å². The van der Waals surface area contributed by atoms with Crippen LogP contribution in [0.2, 0.25) is 0 Å². The van der Waals surface area contributed by atoms with Crippen LogP contribution in [-0.2, 0) is 6.42 Å². The van der Waals surface area contributed by atoms with Crippen molar-refractivity contribution in [3.8, 4) is 0 Å². The van der Waals surface area contributed by atoms with Crippen LogP contribution in [-0.4, -0.2) is 12.6 Å². The lowest BCUT2D eigenvalue weighted by molar-refractivity contribution is 0.207. The van der Waals surface area contributed by atoms with Gasteiger partial charge in [0.15, 0.2) is 0 Å². The van der Waals surface area contributed by atoms with Crippen LogP contribution in [0, 0.1) is 11.8 Å². The monoisotopic (exact) mass is 307 g/mol. The summed E-state index contributed by atoms with van der Waals surface area (Å²) in [5.41, 5.74) is 1.53. The largest absolute Gasteiger partial charge is 0.314 e. The summed E-state index contributed by atoms with van der Waals surface area (Å²) >= 11 is 1.83. The van der Waals surface area contributed by atoms with Crippen molar-refractivity contribution in [3.05, 3.63) is 22.4 Å². The van der Waals surface area contributed by atoms with Crippen LogP contribution in [0.3, 0.4) is 0 Å². The van der Waals surface area contributed by atoms with E-state index in [0.29, 0.717) is 0 Å². The predicted molar refractivity (Wildman–Crippen MR) is 95.1 cm³/mol. The number of aryl methyl sites for hydroxylation is 1. The summed E-state index contributed by atoms with van der Waals surface area (Å²) < 4.78 is 0. The smallest absolute Gasteiger partial charge is 0.00984 e. The maximum Gasteiger partial charge on any atom is 0.00984 e. The standard InChI is InChI=1S/C19H33NS/c1-3-5-16-6-9-18(10-7-16)19(20-13-4-2)11-8-17-12-14-21-15-17/h12,14-16,18-20H,3-11,13H2,1-2H3. The summed E-state index contributed by atoms with van der Waals surface area (Å²) in [5, 5.41) is 8.37. The second kappa shape index (κ2) is 9.63. The van der Waals surface area contributed by atoms with Crippen LogP contribution >= 0.6 is 11.3 Å². The third-order valence-corrected chi connectivity index (χ3v) is 5.87. The van der Waals surface area contributed by atoms with E-state index < -0.39 is 0 Å². The van der Waals surface area contributed by atoms with E-state index in [1.165, 1.54) is 69.9 Å². The molecule has 1 aliphatic carbocycles. The highest BCUT2D eigenvalue weighted by Crippen LogP contribution is 2.34. The fourth-order valence-corrected chi connectivity index (χ4v) is 4.58. The Morgan fingerprint density at radius 3 is 2.62 bits per heavy atom. The van der Waals surface area contributed by atoms with Crippen LogP contribution in [0.15, 0.2) is 16.8 Å². The molecule has 0 amide bonds. The van der Waals surface area contributed by atoms with Gasteiger partial charge in [-0.15, -0.1) is 0 Å². The third kappa shape index (κ3) is 5.75. The minimum absolute atomic E-state index is 0.743. The lowest BCUT2D eigenvalue weighted by Crippen LogP contribution is -2.39. The van der Waals surface area contributed by atoms with Gasteiger partial charge >= 0.3 is 0 Å². The lowest BCUT2D eigenvalue weighted by Gasteiger charge is -2.34. The first kappa shape index (κ1) is 17.0. The zero-order valence-corrected chi connectivity index (χ0v) is 14.8. The molecule has 1 N–H and O–H groups in total. The molecule has 0 aliphatic heterocycles. The van der Waals surface area contributed by atoms with Gasteiger partial charge in [0.2, 0.25) is 0 Å². The summed E-state index contributed by atoms with van der Waals surface area (Å²) in [6.07, 6.45) is 12.5. The molecule has 2 rings (SSSR count). The minimum Gasteiger partial charge on any atom is -0.314 e. The number of rotatable bonds is 9. The second-order valence-corrected chi connectivity index (χ2v) is 7.58. The molecule has 0 spiro atoms.